The van der Waals surface area contributed by atoms with Crippen molar-refractivity contribution in [1.82, 2.24) is 4.98 Å². The molecule has 1 aromatic heterocycles. The number of nitrogens with zero attached hydrogens (tertiary/aromatic N) is 3. The fourth-order valence-corrected chi connectivity index (χ4v) is 7.53. The van der Waals surface area contributed by atoms with E-state index in [-0.39, 0.29) is 12.1 Å². The van der Waals surface area contributed by atoms with Crippen molar-refractivity contribution in [3.05, 3.63) is 157 Å². The van der Waals surface area contributed by atoms with Crippen LogP contribution in [-0.4, -0.2) is 18.2 Å². The van der Waals surface area contributed by atoms with Gasteiger partial charge >= 0.3 is 0 Å². The van der Waals surface area contributed by atoms with Crippen LogP contribution in [-0.2, 0) is 0 Å². The molecule has 0 fully saturated rings. The van der Waals surface area contributed by atoms with Gasteiger partial charge in [0.25, 0.3) is 0 Å². The van der Waals surface area contributed by atoms with Gasteiger partial charge in [-0.25, -0.2) is 4.98 Å². The highest BCUT2D eigenvalue weighted by Gasteiger charge is 2.37. The van der Waals surface area contributed by atoms with Crippen molar-refractivity contribution in [2.45, 2.75) is 18.5 Å². The number of hydrogen-bond donors (Lipinski definition) is 0. The molecule has 2 heterocycles. The summed E-state index contributed by atoms with van der Waals surface area (Å²) < 4.78 is 0. The molecule has 1 aliphatic heterocycles. The molecule has 3 nitrogen and oxygen atoms in total. The molecule has 0 amide bonds. The molecule has 0 saturated carbocycles. The molecule has 0 N–H and O–H groups in total. The minimum atomic E-state index is 0.0887. The van der Waals surface area contributed by atoms with Crippen molar-refractivity contribution in [2.24, 2.45) is 0 Å². The topological polar surface area (TPSA) is 19.4 Å². The smallest absolute Gasteiger partial charge is 0.132 e. The quantitative estimate of drug-likeness (QED) is 0.157. The van der Waals surface area contributed by atoms with Gasteiger partial charge in [0.15, 0.2) is 0 Å². The Hall–Kier alpha value is -5.41. The molecule has 0 spiro atoms. The zero-order valence-corrected chi connectivity index (χ0v) is 24.6. The lowest BCUT2D eigenvalue weighted by Crippen LogP contribution is -2.40. The molecule has 3 heteroatoms. The number of likely N-dealkylation sites (N-methyl/N-ethyl adjacent to an activating group) is 1. The molecule has 7 aromatic rings. The van der Waals surface area contributed by atoms with Crippen LogP contribution in [0.5, 0.6) is 0 Å². The first-order valence-corrected chi connectivity index (χ1v) is 15.4. The Morgan fingerprint density at radius 3 is 1.82 bits per heavy atom. The number of pyridine rings is 1. The average molecular weight is 566 g/mol. The van der Waals surface area contributed by atoms with Crippen molar-refractivity contribution in [3.8, 4) is 0 Å². The lowest BCUT2D eigenvalue weighted by Gasteiger charge is -2.33. The minimum absolute atomic E-state index is 0.0887. The van der Waals surface area contributed by atoms with Crippen molar-refractivity contribution in [1.29, 1.82) is 0 Å². The Labute approximate surface area is 257 Å². The molecule has 44 heavy (non-hydrogen) atoms. The van der Waals surface area contributed by atoms with Gasteiger partial charge in [0.2, 0.25) is 0 Å². The second kappa shape index (κ2) is 9.82. The second-order valence-corrected chi connectivity index (χ2v) is 12.0. The SMILES string of the molecule is CN1c2ccccc2N(c2ccccc2)C1C1=CCC(c2c3ccc4ccccc4c3nc3c2ccc2ccccc23)C=C1. The largest absolute Gasteiger partial charge is 0.349 e. The summed E-state index contributed by atoms with van der Waals surface area (Å²) in [7, 11) is 2.22. The average Bonchev–Trinajstić information content (AvgIpc) is 3.39. The molecule has 6 aromatic carbocycles. The third-order valence-electron chi connectivity index (χ3n) is 9.57. The fourth-order valence-electron chi connectivity index (χ4n) is 7.53. The van der Waals surface area contributed by atoms with Gasteiger partial charge in [-0.15, -0.1) is 0 Å². The molecule has 0 radical (unpaired) electrons. The zero-order chi connectivity index (χ0) is 29.2. The van der Waals surface area contributed by atoms with Gasteiger partial charge in [0, 0.05) is 40.2 Å². The Morgan fingerprint density at radius 2 is 1.18 bits per heavy atom. The number of hydrogen-bond acceptors (Lipinski definition) is 3. The van der Waals surface area contributed by atoms with E-state index in [0.29, 0.717) is 0 Å². The van der Waals surface area contributed by atoms with E-state index >= 15 is 0 Å². The highest BCUT2D eigenvalue weighted by molar-refractivity contribution is 6.15. The maximum Gasteiger partial charge on any atom is 0.132 e. The van der Waals surface area contributed by atoms with Crippen molar-refractivity contribution in [3.63, 3.8) is 0 Å². The van der Waals surface area contributed by atoms with Gasteiger partial charge in [0.05, 0.1) is 22.4 Å². The van der Waals surface area contributed by atoms with E-state index in [2.05, 4.69) is 162 Å². The molecule has 0 bridgehead atoms. The lowest BCUT2D eigenvalue weighted by molar-refractivity contribution is 0.749. The summed E-state index contributed by atoms with van der Waals surface area (Å²) >= 11 is 0. The number of fused-ring (bicyclic) bond motifs is 7. The molecular weight excluding hydrogens is 534 g/mol. The highest BCUT2D eigenvalue weighted by Crippen LogP contribution is 2.47. The van der Waals surface area contributed by atoms with Gasteiger partial charge in [-0.05, 0) is 52.6 Å². The fraction of sp³-hybridized carbons (Fsp3) is 0.0976. The Bertz CT molecular complexity index is 2210. The van der Waals surface area contributed by atoms with Crippen LogP contribution in [0.2, 0.25) is 0 Å². The van der Waals surface area contributed by atoms with Crippen molar-refractivity contribution < 1.29 is 0 Å². The molecule has 2 unspecified atom stereocenters. The number of anilines is 3. The standard InChI is InChI=1S/C41H31N3/c1-43-36-17-9-10-18-37(36)44(31-13-3-2-4-14-31)41(43)30-21-19-29(20-22-30)38-34-25-23-27-11-5-7-15-32(27)39(34)42-40-33-16-8-6-12-28(33)24-26-35(38)40/h2-19,21-26,29,41H,20H2,1H3. The maximum absolute atomic E-state index is 5.39. The van der Waals surface area contributed by atoms with E-state index in [1.54, 1.807) is 0 Å². The van der Waals surface area contributed by atoms with Crippen LogP contribution in [0.25, 0.3) is 43.4 Å². The zero-order valence-electron chi connectivity index (χ0n) is 24.6. The van der Waals surface area contributed by atoms with E-state index in [0.717, 1.165) is 17.5 Å². The van der Waals surface area contributed by atoms with E-state index in [1.807, 2.05) is 0 Å². The summed E-state index contributed by atoms with van der Waals surface area (Å²) in [5.41, 5.74) is 8.57. The predicted molar refractivity (Wildman–Crippen MR) is 186 cm³/mol. The molecule has 2 atom stereocenters. The number of rotatable bonds is 3. The van der Waals surface area contributed by atoms with Gasteiger partial charge in [-0.3, -0.25) is 0 Å². The number of para-hydroxylation sites is 3. The first-order valence-electron chi connectivity index (χ1n) is 15.4. The summed E-state index contributed by atoms with van der Waals surface area (Å²) in [6.07, 6.45) is 8.30. The third kappa shape index (κ3) is 3.72. The molecular formula is C41H31N3. The van der Waals surface area contributed by atoms with E-state index in [9.17, 15) is 0 Å². The molecule has 210 valence electrons. The van der Waals surface area contributed by atoms with Gasteiger partial charge in [-0.2, -0.15) is 0 Å². The monoisotopic (exact) mass is 565 g/mol. The van der Waals surface area contributed by atoms with Crippen LogP contribution in [0.3, 0.4) is 0 Å². The Balaban J connectivity index is 1.20. The third-order valence-corrected chi connectivity index (χ3v) is 9.57. The molecule has 0 saturated heterocycles. The van der Waals surface area contributed by atoms with E-state index in [1.165, 1.54) is 60.5 Å². The van der Waals surface area contributed by atoms with Crippen LogP contribution < -0.4 is 9.80 Å². The lowest BCUT2D eigenvalue weighted by atomic mass is 9.84. The number of allylic oxidation sites excluding steroid dienone is 2. The van der Waals surface area contributed by atoms with Crippen LogP contribution in [0.4, 0.5) is 17.1 Å². The van der Waals surface area contributed by atoms with E-state index < -0.39 is 0 Å². The summed E-state index contributed by atoms with van der Waals surface area (Å²) in [4.78, 5) is 10.3. The van der Waals surface area contributed by atoms with Gasteiger partial charge in [0.1, 0.15) is 6.17 Å². The van der Waals surface area contributed by atoms with Crippen molar-refractivity contribution in [2.75, 3.05) is 16.8 Å². The number of aromatic nitrogens is 1. The summed E-state index contributed by atoms with van der Waals surface area (Å²) in [5.74, 6) is 0.244. The molecule has 2 aliphatic rings. The van der Waals surface area contributed by atoms with Crippen LogP contribution in [0.15, 0.2) is 151 Å². The Kier molecular flexibility index (Phi) is 5.61. The van der Waals surface area contributed by atoms with E-state index in [4.69, 9.17) is 4.98 Å². The predicted octanol–water partition coefficient (Wildman–Crippen LogP) is 10.3. The first kappa shape index (κ1) is 25.1. The second-order valence-electron chi connectivity index (χ2n) is 12.0. The van der Waals surface area contributed by atoms with Crippen LogP contribution in [0, 0.1) is 0 Å². The first-order chi connectivity index (χ1) is 21.8. The van der Waals surface area contributed by atoms with Crippen LogP contribution >= 0.6 is 0 Å². The molecule has 9 rings (SSSR count). The van der Waals surface area contributed by atoms with Crippen LogP contribution in [0.1, 0.15) is 17.9 Å². The Morgan fingerprint density at radius 1 is 0.591 bits per heavy atom. The number of benzene rings is 6. The summed E-state index contributed by atoms with van der Waals surface area (Å²) in [6, 6.07) is 45.9. The minimum Gasteiger partial charge on any atom is -0.349 e. The maximum atomic E-state index is 5.39. The van der Waals surface area contributed by atoms with Gasteiger partial charge < -0.3 is 9.80 Å². The summed E-state index contributed by atoms with van der Waals surface area (Å²) in [5, 5.41) is 7.36. The normalized spacial score (nSPS) is 18.0. The highest BCUT2D eigenvalue weighted by atomic mass is 15.4. The molecule has 1 aliphatic carbocycles. The van der Waals surface area contributed by atoms with Crippen molar-refractivity contribution >= 4 is 60.4 Å². The van der Waals surface area contributed by atoms with Gasteiger partial charge in [-0.1, -0.05) is 121 Å². The summed E-state index contributed by atoms with van der Waals surface area (Å²) in [6.45, 7) is 0.